The Morgan fingerprint density at radius 1 is 1.03 bits per heavy atom. The molecule has 0 saturated carbocycles. The van der Waals surface area contributed by atoms with Crippen molar-refractivity contribution in [3.63, 3.8) is 0 Å². The van der Waals surface area contributed by atoms with Crippen LogP contribution in [-0.4, -0.2) is 21.0 Å². The van der Waals surface area contributed by atoms with Crippen molar-refractivity contribution >= 4 is 43.4 Å². The number of nitrogens with one attached hydrogen (secondary N) is 1. The molecule has 172 valence electrons. The third kappa shape index (κ3) is 4.33. The number of rotatable bonds is 7. The molecule has 7 heteroatoms. The largest absolute Gasteiger partial charge is 0.462 e. The van der Waals surface area contributed by atoms with Crippen LogP contribution in [0.4, 0.5) is 5.69 Å². The van der Waals surface area contributed by atoms with Crippen molar-refractivity contribution in [1.82, 2.24) is 0 Å². The molecule has 0 unspecified atom stereocenters. The van der Waals surface area contributed by atoms with Gasteiger partial charge in [-0.1, -0.05) is 57.2 Å². The number of furan rings is 1. The van der Waals surface area contributed by atoms with Gasteiger partial charge in [-0.2, -0.15) is 0 Å². The number of aryl methyl sites for hydroxylation is 1. The topological polar surface area (TPSA) is 85.6 Å². The number of sulfonamides is 1. The van der Waals surface area contributed by atoms with E-state index in [2.05, 4.69) is 18.6 Å². The third-order valence-corrected chi connectivity index (χ3v) is 7.00. The highest BCUT2D eigenvalue weighted by molar-refractivity contribution is 7.92. The third-order valence-electron chi connectivity index (χ3n) is 5.61. The van der Waals surface area contributed by atoms with Gasteiger partial charge in [0, 0.05) is 16.2 Å². The first-order chi connectivity index (χ1) is 15.7. The fourth-order valence-electron chi connectivity index (χ4n) is 3.88. The molecule has 3 aromatic carbocycles. The standard InChI is InChI=1S/C26H27NO5S/c1-5-14-31-26(28)24-17(4)32-25-21-9-7-6-8-20(21)23(15-22(24)25)27-33(29,30)19-12-10-18(11-13-19)16(2)3/h6-13,15-16,27H,5,14H2,1-4H3. The lowest BCUT2D eigenvalue weighted by molar-refractivity contribution is 0.0505. The number of carbonyl (C=O) groups is 1. The van der Waals surface area contributed by atoms with Crippen LogP contribution < -0.4 is 4.72 Å². The minimum absolute atomic E-state index is 0.169. The number of hydrogen-bond donors (Lipinski definition) is 1. The number of anilines is 1. The fraction of sp³-hybridized carbons (Fsp3) is 0.269. The summed E-state index contributed by atoms with van der Waals surface area (Å²) in [4.78, 5) is 12.9. The zero-order valence-corrected chi connectivity index (χ0v) is 20.0. The molecule has 0 saturated heterocycles. The quantitative estimate of drug-likeness (QED) is 0.320. The zero-order valence-electron chi connectivity index (χ0n) is 19.1. The molecule has 0 aliphatic heterocycles. The molecule has 33 heavy (non-hydrogen) atoms. The van der Waals surface area contributed by atoms with Gasteiger partial charge in [-0.15, -0.1) is 0 Å². The zero-order chi connectivity index (χ0) is 23.8. The number of fused-ring (bicyclic) bond motifs is 3. The van der Waals surface area contributed by atoms with Crippen LogP contribution in [0, 0.1) is 6.92 Å². The first-order valence-electron chi connectivity index (χ1n) is 11.0. The van der Waals surface area contributed by atoms with Crippen molar-refractivity contribution in [3.05, 3.63) is 71.5 Å². The number of benzene rings is 3. The molecular formula is C26H27NO5S. The molecule has 0 aliphatic rings. The van der Waals surface area contributed by atoms with Gasteiger partial charge in [0.2, 0.25) is 0 Å². The summed E-state index contributed by atoms with van der Waals surface area (Å²) in [6.45, 7) is 8.03. The Morgan fingerprint density at radius 2 is 1.70 bits per heavy atom. The van der Waals surface area contributed by atoms with Crippen molar-refractivity contribution in [3.8, 4) is 0 Å². The van der Waals surface area contributed by atoms with E-state index in [9.17, 15) is 13.2 Å². The van der Waals surface area contributed by atoms with Crippen molar-refractivity contribution < 1.29 is 22.4 Å². The van der Waals surface area contributed by atoms with Crippen LogP contribution in [0.1, 0.15) is 54.8 Å². The maximum absolute atomic E-state index is 13.2. The second kappa shape index (κ2) is 8.90. The summed E-state index contributed by atoms with van der Waals surface area (Å²) < 4.78 is 40.4. The Hall–Kier alpha value is -3.32. The first kappa shape index (κ1) is 22.9. The lowest BCUT2D eigenvalue weighted by Gasteiger charge is -2.13. The van der Waals surface area contributed by atoms with Gasteiger partial charge in [0.15, 0.2) is 0 Å². The molecular weight excluding hydrogens is 438 g/mol. The van der Waals surface area contributed by atoms with Gasteiger partial charge in [0.05, 0.1) is 17.2 Å². The van der Waals surface area contributed by atoms with Crippen molar-refractivity contribution in [2.75, 3.05) is 11.3 Å². The van der Waals surface area contributed by atoms with Gasteiger partial charge < -0.3 is 9.15 Å². The molecule has 1 aromatic heterocycles. The fourth-order valence-corrected chi connectivity index (χ4v) is 4.95. The average Bonchev–Trinajstić information content (AvgIpc) is 3.13. The predicted octanol–water partition coefficient (Wildman–Crippen LogP) is 6.39. The van der Waals surface area contributed by atoms with E-state index in [-0.39, 0.29) is 4.90 Å². The molecule has 0 radical (unpaired) electrons. The van der Waals surface area contributed by atoms with Crippen LogP contribution in [0.3, 0.4) is 0 Å². The lowest BCUT2D eigenvalue weighted by atomic mass is 10.0. The normalized spacial score (nSPS) is 11.9. The number of hydrogen-bond acceptors (Lipinski definition) is 5. The van der Waals surface area contributed by atoms with E-state index in [1.54, 1.807) is 25.1 Å². The summed E-state index contributed by atoms with van der Waals surface area (Å²) >= 11 is 0. The molecule has 0 bridgehead atoms. The second-order valence-electron chi connectivity index (χ2n) is 8.34. The lowest BCUT2D eigenvalue weighted by Crippen LogP contribution is -2.13. The van der Waals surface area contributed by atoms with E-state index in [1.807, 2.05) is 43.3 Å². The SMILES string of the molecule is CCCOC(=O)c1c(C)oc2c1cc(NS(=O)(=O)c1ccc(C(C)C)cc1)c1ccccc12. The van der Waals surface area contributed by atoms with Crippen LogP contribution in [0.5, 0.6) is 0 Å². The van der Waals surface area contributed by atoms with Gasteiger partial charge in [0.25, 0.3) is 10.0 Å². The van der Waals surface area contributed by atoms with E-state index in [4.69, 9.17) is 9.15 Å². The van der Waals surface area contributed by atoms with Gasteiger partial charge in [0.1, 0.15) is 16.9 Å². The van der Waals surface area contributed by atoms with Crippen LogP contribution in [0.15, 0.2) is 63.9 Å². The maximum Gasteiger partial charge on any atom is 0.342 e. The van der Waals surface area contributed by atoms with Crippen LogP contribution >= 0.6 is 0 Å². The van der Waals surface area contributed by atoms with Crippen LogP contribution in [0.25, 0.3) is 21.7 Å². The van der Waals surface area contributed by atoms with Gasteiger partial charge in [-0.25, -0.2) is 13.2 Å². The molecule has 4 rings (SSSR count). The monoisotopic (exact) mass is 465 g/mol. The van der Waals surface area contributed by atoms with E-state index < -0.39 is 16.0 Å². The van der Waals surface area contributed by atoms with E-state index in [0.717, 1.165) is 5.56 Å². The van der Waals surface area contributed by atoms with E-state index in [1.165, 1.54) is 0 Å². The second-order valence-corrected chi connectivity index (χ2v) is 10.0. The van der Waals surface area contributed by atoms with Crippen LogP contribution in [-0.2, 0) is 14.8 Å². The Bertz CT molecular complexity index is 1430. The highest BCUT2D eigenvalue weighted by Gasteiger charge is 2.24. The van der Waals surface area contributed by atoms with Crippen LogP contribution in [0.2, 0.25) is 0 Å². The summed E-state index contributed by atoms with van der Waals surface area (Å²) in [6.07, 6.45) is 0.699. The minimum Gasteiger partial charge on any atom is -0.462 e. The molecule has 1 heterocycles. The summed E-state index contributed by atoms with van der Waals surface area (Å²) in [5, 5.41) is 1.90. The average molecular weight is 466 g/mol. The van der Waals surface area contributed by atoms with Crippen molar-refractivity contribution in [2.45, 2.75) is 44.9 Å². The Morgan fingerprint density at radius 3 is 2.33 bits per heavy atom. The van der Waals surface area contributed by atoms with Gasteiger partial charge in [-0.3, -0.25) is 4.72 Å². The molecule has 0 spiro atoms. The summed E-state index contributed by atoms with van der Waals surface area (Å²) in [7, 11) is -3.85. The number of carbonyl (C=O) groups excluding carboxylic acids is 1. The molecule has 4 aromatic rings. The molecule has 0 amide bonds. The Kier molecular flexibility index (Phi) is 6.17. The summed E-state index contributed by atoms with van der Waals surface area (Å²) in [6, 6.07) is 15.8. The van der Waals surface area contributed by atoms with Crippen molar-refractivity contribution in [1.29, 1.82) is 0 Å². The van der Waals surface area contributed by atoms with Gasteiger partial charge >= 0.3 is 5.97 Å². The molecule has 1 N–H and O–H groups in total. The summed E-state index contributed by atoms with van der Waals surface area (Å²) in [5.41, 5.74) is 2.27. The van der Waals surface area contributed by atoms with E-state index >= 15 is 0 Å². The predicted molar refractivity (Wildman–Crippen MR) is 130 cm³/mol. The number of esters is 1. The first-order valence-corrected chi connectivity index (χ1v) is 12.5. The van der Waals surface area contributed by atoms with Gasteiger partial charge in [-0.05, 0) is 43.0 Å². The smallest absolute Gasteiger partial charge is 0.342 e. The van der Waals surface area contributed by atoms with E-state index in [0.29, 0.717) is 57.7 Å². The minimum atomic E-state index is -3.85. The summed E-state index contributed by atoms with van der Waals surface area (Å²) in [5.74, 6) is 0.248. The number of ether oxygens (including phenoxy) is 1. The Labute approximate surface area is 193 Å². The molecule has 0 fully saturated rings. The molecule has 6 nitrogen and oxygen atoms in total. The molecule has 0 atom stereocenters. The highest BCUT2D eigenvalue weighted by atomic mass is 32.2. The van der Waals surface area contributed by atoms with Crippen molar-refractivity contribution in [2.24, 2.45) is 0 Å². The Balaban J connectivity index is 1.85. The maximum atomic E-state index is 13.2. The molecule has 0 aliphatic carbocycles. The highest BCUT2D eigenvalue weighted by Crippen LogP contribution is 2.37.